The molecule has 0 unspecified atom stereocenters. The second kappa shape index (κ2) is 10.0. The van der Waals surface area contributed by atoms with Gasteiger partial charge in [0.15, 0.2) is 5.65 Å². The molecule has 38 heavy (non-hydrogen) atoms. The van der Waals surface area contributed by atoms with Crippen LogP contribution in [0.2, 0.25) is 0 Å². The van der Waals surface area contributed by atoms with Gasteiger partial charge in [0, 0.05) is 37.8 Å². The molecule has 200 valence electrons. The van der Waals surface area contributed by atoms with Gasteiger partial charge in [-0.25, -0.2) is 19.4 Å². The molecule has 2 aromatic heterocycles. The molecule has 1 aromatic carbocycles. The lowest BCUT2D eigenvalue weighted by Gasteiger charge is -2.41. The SMILES string of the molecule is C[C@H]1CN(C(=O)OC(C)(C)C)CCN1c1ncnc2c1c(C1=CCOCC1)nn2-c1cccc([N+](=O)[O-])c1. The van der Waals surface area contributed by atoms with Gasteiger partial charge in [-0.3, -0.25) is 10.1 Å². The van der Waals surface area contributed by atoms with Crippen molar-refractivity contribution < 1.29 is 19.2 Å². The van der Waals surface area contributed by atoms with E-state index >= 15 is 0 Å². The molecule has 3 aromatic rings. The number of ether oxygens (including phenoxy) is 2. The fraction of sp³-hybridized carbons (Fsp3) is 0.462. The van der Waals surface area contributed by atoms with E-state index in [1.54, 1.807) is 21.7 Å². The molecular weight excluding hydrogens is 490 g/mol. The maximum absolute atomic E-state index is 12.7. The summed E-state index contributed by atoms with van der Waals surface area (Å²) in [5, 5.41) is 17.1. The second-order valence-electron chi connectivity index (χ2n) is 10.5. The molecule has 12 heteroatoms. The first kappa shape index (κ1) is 25.6. The summed E-state index contributed by atoms with van der Waals surface area (Å²) in [6.45, 7) is 10.2. The van der Waals surface area contributed by atoms with Crippen molar-refractivity contribution >= 4 is 34.2 Å². The van der Waals surface area contributed by atoms with Gasteiger partial charge in [0.1, 0.15) is 23.4 Å². The topological polar surface area (TPSA) is 129 Å². The van der Waals surface area contributed by atoms with Gasteiger partial charge in [-0.1, -0.05) is 12.1 Å². The van der Waals surface area contributed by atoms with Crippen molar-refractivity contribution in [2.24, 2.45) is 0 Å². The van der Waals surface area contributed by atoms with Gasteiger partial charge in [-0.05, 0) is 45.8 Å². The van der Waals surface area contributed by atoms with Crippen LogP contribution in [0.25, 0.3) is 22.3 Å². The van der Waals surface area contributed by atoms with Crippen molar-refractivity contribution in [3.8, 4) is 5.69 Å². The van der Waals surface area contributed by atoms with Crippen LogP contribution in [0.3, 0.4) is 0 Å². The minimum absolute atomic E-state index is 0.0286. The summed E-state index contributed by atoms with van der Waals surface area (Å²) < 4.78 is 12.7. The number of benzene rings is 1. The van der Waals surface area contributed by atoms with Gasteiger partial charge in [0.2, 0.25) is 0 Å². The zero-order valence-electron chi connectivity index (χ0n) is 22.0. The average molecular weight is 522 g/mol. The number of anilines is 1. The van der Waals surface area contributed by atoms with E-state index in [0.717, 1.165) is 16.7 Å². The monoisotopic (exact) mass is 521 g/mol. The van der Waals surface area contributed by atoms with E-state index in [4.69, 9.17) is 14.6 Å². The van der Waals surface area contributed by atoms with Crippen LogP contribution in [0.4, 0.5) is 16.3 Å². The van der Waals surface area contributed by atoms with Crippen LogP contribution < -0.4 is 4.90 Å². The Kier molecular flexibility index (Phi) is 6.74. The highest BCUT2D eigenvalue weighted by Gasteiger charge is 2.33. The standard InChI is InChI=1S/C26H31N7O5/c1-17-15-30(25(34)38-26(2,3)4)10-11-31(17)23-21-22(18-8-12-37-13-9-18)29-32(24(21)28-16-27-23)19-6-5-7-20(14-19)33(35)36/h5-8,14,16-17H,9-13,15H2,1-4H3/t17-/m0/s1. The Hall–Kier alpha value is -4.06. The number of aromatic nitrogens is 4. The molecule has 1 fully saturated rings. The Morgan fingerprint density at radius 1 is 1.24 bits per heavy atom. The molecule has 2 aliphatic heterocycles. The molecule has 4 heterocycles. The first-order chi connectivity index (χ1) is 18.1. The van der Waals surface area contributed by atoms with Crippen molar-refractivity contribution in [1.29, 1.82) is 0 Å². The number of carbonyl (C=O) groups is 1. The lowest BCUT2D eigenvalue weighted by atomic mass is 10.0. The minimum Gasteiger partial charge on any atom is -0.444 e. The highest BCUT2D eigenvalue weighted by atomic mass is 16.6. The summed E-state index contributed by atoms with van der Waals surface area (Å²) >= 11 is 0. The summed E-state index contributed by atoms with van der Waals surface area (Å²) in [5.74, 6) is 0.713. The molecule has 0 radical (unpaired) electrons. The molecule has 0 bridgehead atoms. The van der Waals surface area contributed by atoms with Crippen molar-refractivity contribution in [2.75, 3.05) is 37.7 Å². The fourth-order valence-corrected chi connectivity index (χ4v) is 4.80. The Bertz CT molecular complexity index is 1410. The second-order valence-corrected chi connectivity index (χ2v) is 10.5. The van der Waals surface area contributed by atoms with Crippen LogP contribution in [-0.4, -0.2) is 80.2 Å². The van der Waals surface area contributed by atoms with E-state index in [1.165, 1.54) is 18.5 Å². The van der Waals surface area contributed by atoms with Crippen molar-refractivity contribution in [3.05, 3.63) is 52.5 Å². The predicted octanol–water partition coefficient (Wildman–Crippen LogP) is 3.97. The van der Waals surface area contributed by atoms with E-state index in [-0.39, 0.29) is 17.8 Å². The van der Waals surface area contributed by atoms with E-state index in [9.17, 15) is 14.9 Å². The number of nitro groups is 1. The molecule has 1 saturated heterocycles. The smallest absolute Gasteiger partial charge is 0.410 e. The zero-order valence-corrected chi connectivity index (χ0v) is 22.0. The Morgan fingerprint density at radius 3 is 2.74 bits per heavy atom. The highest BCUT2D eigenvalue weighted by Crippen LogP contribution is 2.36. The highest BCUT2D eigenvalue weighted by molar-refractivity contribution is 5.97. The van der Waals surface area contributed by atoms with Crippen molar-refractivity contribution in [1.82, 2.24) is 24.6 Å². The van der Waals surface area contributed by atoms with E-state index in [1.807, 2.05) is 33.8 Å². The lowest BCUT2D eigenvalue weighted by molar-refractivity contribution is -0.384. The summed E-state index contributed by atoms with van der Waals surface area (Å²) in [5.41, 5.74) is 2.24. The molecule has 1 amide bonds. The maximum atomic E-state index is 12.7. The number of hydrogen-bond acceptors (Lipinski definition) is 9. The summed E-state index contributed by atoms with van der Waals surface area (Å²) in [4.78, 5) is 36.8. The molecule has 0 spiro atoms. The lowest BCUT2D eigenvalue weighted by Crippen LogP contribution is -2.54. The molecule has 12 nitrogen and oxygen atoms in total. The third-order valence-electron chi connectivity index (χ3n) is 6.55. The molecule has 0 aliphatic carbocycles. The number of fused-ring (bicyclic) bond motifs is 1. The normalized spacial score (nSPS) is 18.4. The number of carbonyl (C=O) groups excluding carboxylic acids is 1. The molecule has 5 rings (SSSR count). The molecule has 2 aliphatic rings. The van der Waals surface area contributed by atoms with Crippen LogP contribution in [0.5, 0.6) is 0 Å². The number of rotatable bonds is 4. The third kappa shape index (κ3) is 5.03. The maximum Gasteiger partial charge on any atom is 0.410 e. The van der Waals surface area contributed by atoms with Crippen LogP contribution in [-0.2, 0) is 9.47 Å². The zero-order chi connectivity index (χ0) is 27.0. The fourth-order valence-electron chi connectivity index (χ4n) is 4.80. The number of nitro benzene ring substituents is 1. The number of piperazine rings is 1. The van der Waals surface area contributed by atoms with E-state index < -0.39 is 10.5 Å². The molecular formula is C26H31N7O5. The Morgan fingerprint density at radius 2 is 2.05 bits per heavy atom. The Labute approximate surface area is 220 Å². The van der Waals surface area contributed by atoms with Gasteiger partial charge in [0.05, 0.1) is 29.2 Å². The first-order valence-electron chi connectivity index (χ1n) is 12.6. The Balaban J connectivity index is 1.57. The predicted molar refractivity (Wildman–Crippen MR) is 141 cm³/mol. The van der Waals surface area contributed by atoms with Crippen LogP contribution in [0.1, 0.15) is 39.8 Å². The molecule has 0 saturated carbocycles. The van der Waals surface area contributed by atoms with Crippen LogP contribution >= 0.6 is 0 Å². The third-order valence-corrected chi connectivity index (χ3v) is 6.55. The van der Waals surface area contributed by atoms with Crippen LogP contribution in [0.15, 0.2) is 36.7 Å². The molecule has 0 N–H and O–H groups in total. The quantitative estimate of drug-likeness (QED) is 0.370. The van der Waals surface area contributed by atoms with Gasteiger partial charge in [-0.2, -0.15) is 5.10 Å². The molecule has 1 atom stereocenters. The summed E-state index contributed by atoms with van der Waals surface area (Å²) in [6.07, 6.45) is 3.84. The number of non-ortho nitro benzene ring substituents is 1. The average Bonchev–Trinajstić information content (AvgIpc) is 3.28. The van der Waals surface area contributed by atoms with Gasteiger partial charge >= 0.3 is 6.09 Å². The van der Waals surface area contributed by atoms with Crippen molar-refractivity contribution in [2.45, 2.75) is 45.8 Å². The summed E-state index contributed by atoms with van der Waals surface area (Å²) in [7, 11) is 0. The number of hydrogen-bond donors (Lipinski definition) is 0. The number of nitrogens with zero attached hydrogens (tertiary/aromatic N) is 7. The van der Waals surface area contributed by atoms with Crippen LogP contribution in [0, 0.1) is 10.1 Å². The van der Waals surface area contributed by atoms with E-state index in [0.29, 0.717) is 56.4 Å². The van der Waals surface area contributed by atoms with E-state index in [2.05, 4.69) is 14.9 Å². The number of amides is 1. The van der Waals surface area contributed by atoms with Crippen molar-refractivity contribution in [3.63, 3.8) is 0 Å². The van der Waals surface area contributed by atoms with Gasteiger partial charge in [-0.15, -0.1) is 0 Å². The van der Waals surface area contributed by atoms with Gasteiger partial charge < -0.3 is 19.3 Å². The minimum atomic E-state index is -0.566. The largest absolute Gasteiger partial charge is 0.444 e. The van der Waals surface area contributed by atoms with Gasteiger partial charge in [0.25, 0.3) is 5.69 Å². The summed E-state index contributed by atoms with van der Waals surface area (Å²) in [6, 6.07) is 6.29. The first-order valence-corrected chi connectivity index (χ1v) is 12.6.